The van der Waals surface area contributed by atoms with E-state index in [-0.39, 0.29) is 54.4 Å². The molecule has 4 N–H and O–H groups in total. The first-order valence-electron chi connectivity index (χ1n) is 13.4. The zero-order valence-electron chi connectivity index (χ0n) is 23.8. The molecule has 1 aromatic heterocycles. The van der Waals surface area contributed by atoms with Gasteiger partial charge >= 0.3 is 12.1 Å². The van der Waals surface area contributed by atoms with Crippen molar-refractivity contribution in [2.75, 3.05) is 51.3 Å². The Balaban J connectivity index is 1.72. The number of ketones is 1. The lowest BCUT2D eigenvalue weighted by molar-refractivity contribution is -0.184. The molecule has 0 unspecified atom stereocenters. The maximum atomic E-state index is 13.0. The number of aliphatic hydroxyl groups is 1. The number of nitrogens with one attached hydrogen (secondary N) is 1. The molecule has 10 nitrogen and oxygen atoms in total. The maximum Gasteiger partial charge on any atom is 0.471 e. The van der Waals surface area contributed by atoms with Crippen LogP contribution in [0.1, 0.15) is 25.1 Å². The van der Waals surface area contributed by atoms with E-state index in [0.717, 1.165) is 4.90 Å². The molecule has 0 bridgehead atoms. The summed E-state index contributed by atoms with van der Waals surface area (Å²) in [7, 11) is 1.71. The van der Waals surface area contributed by atoms with Gasteiger partial charge in [0.2, 0.25) is 0 Å². The Bertz CT molecular complexity index is 1380. The number of anilines is 1. The standard InChI is InChI=1S/C28H34ClF3N6O4/c1-14-24(23(15(2)33)16(3)39)35-25(21-7-20(5-6-22(21)29)42-13-19(40)8-34-4)36-26(14)37-9-17-11-38(12-18(17)10-37)27(41)28(30,31)32/h5-7,17-19,34,40H,8-13,33H2,1-4H3/t17-,18+,19-/m1/s1. The molecule has 42 heavy (non-hydrogen) atoms. The molecule has 4 rings (SSSR count). The number of aromatic nitrogens is 2. The third-order valence-corrected chi connectivity index (χ3v) is 7.81. The molecule has 2 aliphatic rings. The Morgan fingerprint density at radius 3 is 2.38 bits per heavy atom. The molecular weight excluding hydrogens is 577 g/mol. The van der Waals surface area contributed by atoms with E-state index in [1.54, 1.807) is 39.1 Å². The van der Waals surface area contributed by atoms with Crippen LogP contribution in [0.4, 0.5) is 19.0 Å². The van der Waals surface area contributed by atoms with Gasteiger partial charge in [-0.1, -0.05) is 11.6 Å². The monoisotopic (exact) mass is 610 g/mol. The average Bonchev–Trinajstić information content (AvgIpc) is 3.47. The lowest BCUT2D eigenvalue weighted by Gasteiger charge is -2.25. The fourth-order valence-electron chi connectivity index (χ4n) is 5.57. The maximum absolute atomic E-state index is 13.0. The number of alkyl halides is 3. The number of likely N-dealkylation sites (N-methyl/N-ethyl adjacent to an activating group) is 1. The summed E-state index contributed by atoms with van der Waals surface area (Å²) in [5.41, 5.74) is 7.91. The first-order valence-corrected chi connectivity index (χ1v) is 13.8. The van der Waals surface area contributed by atoms with E-state index in [9.17, 15) is 27.9 Å². The summed E-state index contributed by atoms with van der Waals surface area (Å²) in [6, 6.07) is 4.90. The smallest absolute Gasteiger partial charge is 0.471 e. The van der Waals surface area contributed by atoms with E-state index < -0.39 is 18.2 Å². The molecule has 0 spiro atoms. The zero-order valence-corrected chi connectivity index (χ0v) is 24.5. The number of fused-ring (bicyclic) bond motifs is 1. The van der Waals surface area contributed by atoms with Crippen LogP contribution in [-0.2, 0) is 9.59 Å². The van der Waals surface area contributed by atoms with Crippen LogP contribution in [0, 0.1) is 18.8 Å². The van der Waals surface area contributed by atoms with Crippen molar-refractivity contribution in [1.82, 2.24) is 20.2 Å². The number of allylic oxidation sites excluding steroid dienone is 2. The second-order valence-electron chi connectivity index (χ2n) is 10.8. The van der Waals surface area contributed by atoms with E-state index in [1.165, 1.54) is 6.92 Å². The molecule has 2 aromatic rings. The highest BCUT2D eigenvalue weighted by atomic mass is 35.5. The van der Waals surface area contributed by atoms with Gasteiger partial charge in [0, 0.05) is 61.4 Å². The summed E-state index contributed by atoms with van der Waals surface area (Å²) in [4.78, 5) is 36.8. The molecule has 0 aliphatic carbocycles. The van der Waals surface area contributed by atoms with Gasteiger partial charge in [0.15, 0.2) is 11.6 Å². The van der Waals surface area contributed by atoms with Crippen LogP contribution in [0.3, 0.4) is 0 Å². The number of Topliss-reactive ketones (excluding diaryl/α,β-unsaturated/α-hetero) is 1. The van der Waals surface area contributed by atoms with Crippen molar-refractivity contribution in [2.45, 2.75) is 33.1 Å². The molecule has 3 heterocycles. The number of nitrogens with two attached hydrogens (primary N) is 1. The summed E-state index contributed by atoms with van der Waals surface area (Å²) < 4.78 is 44.8. The van der Waals surface area contributed by atoms with Crippen LogP contribution in [-0.4, -0.2) is 90.3 Å². The average molecular weight is 611 g/mol. The molecule has 228 valence electrons. The molecule has 2 fully saturated rings. The summed E-state index contributed by atoms with van der Waals surface area (Å²) in [6.45, 7) is 5.84. The molecular formula is C28H34ClF3N6O4. The van der Waals surface area contributed by atoms with Crippen LogP contribution >= 0.6 is 11.6 Å². The van der Waals surface area contributed by atoms with Gasteiger partial charge in [-0.3, -0.25) is 9.59 Å². The molecule has 2 saturated heterocycles. The fraction of sp³-hybridized carbons (Fsp3) is 0.500. The Kier molecular flexibility index (Phi) is 9.33. The molecule has 14 heteroatoms. The SMILES string of the molecule is CNC[C@@H](O)COc1ccc(Cl)c(-c2nc(C(C(C)=O)=C(C)N)c(C)c(N3C[C@H]4CN(C(=O)C(F)(F)F)C[C@H]4C3)n2)c1. The van der Waals surface area contributed by atoms with Crippen LogP contribution < -0.4 is 20.7 Å². The predicted octanol–water partition coefficient (Wildman–Crippen LogP) is 2.80. The van der Waals surface area contributed by atoms with Gasteiger partial charge in [0.25, 0.3) is 0 Å². The molecule has 1 amide bonds. The normalized spacial score (nSPS) is 19.9. The summed E-state index contributed by atoms with van der Waals surface area (Å²) >= 11 is 6.57. The van der Waals surface area contributed by atoms with Crippen LogP contribution in [0.15, 0.2) is 23.9 Å². The van der Waals surface area contributed by atoms with Crippen molar-refractivity contribution in [3.63, 3.8) is 0 Å². The molecule has 0 radical (unpaired) electrons. The fourth-order valence-corrected chi connectivity index (χ4v) is 5.77. The molecule has 1 aromatic carbocycles. The number of carbonyl (C=O) groups excluding carboxylic acids is 2. The topological polar surface area (TPSA) is 134 Å². The lowest BCUT2D eigenvalue weighted by atomic mass is 10.0. The van der Waals surface area contributed by atoms with Crippen LogP contribution in [0.2, 0.25) is 5.02 Å². The molecule has 3 atom stereocenters. The van der Waals surface area contributed by atoms with Gasteiger partial charge in [-0.2, -0.15) is 13.2 Å². The highest BCUT2D eigenvalue weighted by Gasteiger charge is 2.49. The molecule has 2 aliphatic heterocycles. The largest absolute Gasteiger partial charge is 0.491 e. The van der Waals surface area contributed by atoms with Gasteiger partial charge < -0.3 is 30.7 Å². The van der Waals surface area contributed by atoms with Crippen molar-refractivity contribution >= 4 is 34.7 Å². The highest BCUT2D eigenvalue weighted by Crippen LogP contribution is 2.39. The van der Waals surface area contributed by atoms with Gasteiger partial charge in [-0.05, 0) is 46.0 Å². The Morgan fingerprint density at radius 1 is 1.19 bits per heavy atom. The van der Waals surface area contributed by atoms with E-state index >= 15 is 0 Å². The molecule has 0 saturated carbocycles. The van der Waals surface area contributed by atoms with Crippen molar-refractivity contribution < 1.29 is 32.6 Å². The number of benzene rings is 1. The highest BCUT2D eigenvalue weighted by molar-refractivity contribution is 6.33. The van der Waals surface area contributed by atoms with Crippen molar-refractivity contribution in [1.29, 1.82) is 0 Å². The Hall–Kier alpha value is -3.42. The second-order valence-corrected chi connectivity index (χ2v) is 11.2. The number of amides is 1. The van der Waals surface area contributed by atoms with E-state index in [4.69, 9.17) is 32.0 Å². The van der Waals surface area contributed by atoms with Crippen molar-refractivity contribution in [3.05, 3.63) is 40.2 Å². The number of nitrogens with zero attached hydrogens (tertiary/aromatic N) is 4. The van der Waals surface area contributed by atoms with Gasteiger partial charge in [0.1, 0.15) is 24.3 Å². The second kappa shape index (κ2) is 12.4. The van der Waals surface area contributed by atoms with E-state index in [0.29, 0.717) is 53.0 Å². The van der Waals surface area contributed by atoms with Crippen LogP contribution in [0.25, 0.3) is 17.0 Å². The number of hydrogen-bond acceptors (Lipinski definition) is 9. The first kappa shape index (κ1) is 31.5. The van der Waals surface area contributed by atoms with E-state index in [1.807, 2.05) is 4.90 Å². The Morgan fingerprint density at radius 2 is 1.83 bits per heavy atom. The number of likely N-dealkylation sites (tertiary alicyclic amines) is 1. The minimum Gasteiger partial charge on any atom is -0.491 e. The number of hydrogen-bond donors (Lipinski definition) is 3. The number of halogens is 4. The van der Waals surface area contributed by atoms with Crippen molar-refractivity contribution in [3.8, 4) is 17.1 Å². The number of rotatable bonds is 9. The number of carbonyl (C=O) groups is 2. The minimum atomic E-state index is -4.91. The Labute approximate surface area is 246 Å². The van der Waals surface area contributed by atoms with Gasteiger partial charge in [-0.25, -0.2) is 9.97 Å². The third-order valence-electron chi connectivity index (χ3n) is 7.48. The van der Waals surface area contributed by atoms with Crippen molar-refractivity contribution in [2.24, 2.45) is 17.6 Å². The third kappa shape index (κ3) is 6.63. The summed E-state index contributed by atoms with van der Waals surface area (Å²) in [6.07, 6.45) is -5.65. The summed E-state index contributed by atoms with van der Waals surface area (Å²) in [5, 5.41) is 13.2. The number of ether oxygens (including phenoxy) is 1. The van der Waals surface area contributed by atoms with Gasteiger partial charge in [-0.15, -0.1) is 0 Å². The lowest BCUT2D eigenvalue weighted by Crippen LogP contribution is -2.41. The first-order chi connectivity index (χ1) is 19.7. The minimum absolute atomic E-state index is 0.00548. The van der Waals surface area contributed by atoms with Gasteiger partial charge in [0.05, 0.1) is 16.3 Å². The van der Waals surface area contributed by atoms with Crippen LogP contribution in [0.5, 0.6) is 5.75 Å². The summed E-state index contributed by atoms with van der Waals surface area (Å²) in [5.74, 6) is -1.37. The zero-order chi connectivity index (χ0) is 30.9. The number of aliphatic hydroxyl groups excluding tert-OH is 1. The predicted molar refractivity (Wildman–Crippen MR) is 152 cm³/mol. The quantitative estimate of drug-likeness (QED) is 0.367. The van der Waals surface area contributed by atoms with E-state index in [2.05, 4.69) is 5.32 Å².